The van der Waals surface area contributed by atoms with Crippen molar-refractivity contribution in [3.63, 3.8) is 0 Å². The predicted molar refractivity (Wildman–Crippen MR) is 72.4 cm³/mol. The molecule has 102 valence electrons. The minimum Gasteiger partial charge on any atom is -0.467 e. The van der Waals surface area contributed by atoms with Gasteiger partial charge in [0, 0.05) is 10.6 Å². The first-order chi connectivity index (χ1) is 9.13. The van der Waals surface area contributed by atoms with Crippen molar-refractivity contribution in [2.45, 2.75) is 18.9 Å². The number of ketones is 1. The van der Waals surface area contributed by atoms with Crippen LogP contribution in [0.15, 0.2) is 24.3 Å². The third kappa shape index (κ3) is 3.14. The number of carbonyl (C=O) groups is 2. The number of carbonyl (C=O) groups excluding carboxylic acids is 2. The van der Waals surface area contributed by atoms with Gasteiger partial charge in [0.05, 0.1) is 7.11 Å². The fourth-order valence-electron chi connectivity index (χ4n) is 2.31. The SMILES string of the molecule is COC(=O)C(C(=O)c1ccc(Cl)cc1)N1CCCC1. The summed E-state index contributed by atoms with van der Waals surface area (Å²) in [5.41, 5.74) is 0.478. The molecule has 0 spiro atoms. The van der Waals surface area contributed by atoms with Crippen LogP contribution in [0.2, 0.25) is 5.02 Å². The minimum atomic E-state index is -0.839. The average Bonchev–Trinajstić information content (AvgIpc) is 2.93. The summed E-state index contributed by atoms with van der Waals surface area (Å²) in [6.07, 6.45) is 2.00. The molecule has 0 saturated carbocycles. The zero-order chi connectivity index (χ0) is 13.8. The molecule has 4 nitrogen and oxygen atoms in total. The van der Waals surface area contributed by atoms with E-state index in [-0.39, 0.29) is 5.78 Å². The first kappa shape index (κ1) is 14.0. The molecule has 0 aliphatic carbocycles. The highest BCUT2D eigenvalue weighted by molar-refractivity contribution is 6.30. The second kappa shape index (κ2) is 6.17. The molecule has 5 heteroatoms. The van der Waals surface area contributed by atoms with Crippen molar-refractivity contribution in [3.05, 3.63) is 34.9 Å². The summed E-state index contributed by atoms with van der Waals surface area (Å²) in [4.78, 5) is 26.2. The summed E-state index contributed by atoms with van der Waals surface area (Å²) in [6, 6.07) is 5.72. The molecule has 1 unspecified atom stereocenters. The van der Waals surface area contributed by atoms with Gasteiger partial charge in [-0.15, -0.1) is 0 Å². The van der Waals surface area contributed by atoms with Crippen molar-refractivity contribution in [1.82, 2.24) is 4.90 Å². The number of esters is 1. The topological polar surface area (TPSA) is 46.6 Å². The van der Waals surface area contributed by atoms with E-state index in [0.29, 0.717) is 10.6 Å². The highest BCUT2D eigenvalue weighted by atomic mass is 35.5. The van der Waals surface area contributed by atoms with Gasteiger partial charge in [0.15, 0.2) is 11.8 Å². The van der Waals surface area contributed by atoms with E-state index in [4.69, 9.17) is 16.3 Å². The zero-order valence-electron chi connectivity index (χ0n) is 10.8. The number of hydrogen-bond acceptors (Lipinski definition) is 4. The first-order valence-corrected chi connectivity index (χ1v) is 6.63. The monoisotopic (exact) mass is 281 g/mol. The molecule has 0 bridgehead atoms. The van der Waals surface area contributed by atoms with Gasteiger partial charge < -0.3 is 4.74 Å². The van der Waals surface area contributed by atoms with Gasteiger partial charge in [-0.2, -0.15) is 0 Å². The molecule has 19 heavy (non-hydrogen) atoms. The molecule has 2 rings (SSSR count). The number of benzene rings is 1. The van der Waals surface area contributed by atoms with E-state index in [0.717, 1.165) is 25.9 Å². The Bertz CT molecular complexity index is 466. The van der Waals surface area contributed by atoms with E-state index in [1.54, 1.807) is 24.3 Å². The average molecular weight is 282 g/mol. The molecule has 1 atom stereocenters. The van der Waals surface area contributed by atoms with Crippen LogP contribution >= 0.6 is 11.6 Å². The van der Waals surface area contributed by atoms with Gasteiger partial charge in [-0.05, 0) is 50.2 Å². The Balaban J connectivity index is 2.24. The first-order valence-electron chi connectivity index (χ1n) is 6.25. The lowest BCUT2D eigenvalue weighted by atomic mass is 10.0. The molecule has 1 aromatic carbocycles. The van der Waals surface area contributed by atoms with E-state index >= 15 is 0 Å². The van der Waals surface area contributed by atoms with Crippen molar-refractivity contribution in [2.24, 2.45) is 0 Å². The lowest BCUT2D eigenvalue weighted by Crippen LogP contribution is -2.46. The molecule has 1 heterocycles. The normalized spacial score (nSPS) is 17.2. The number of halogens is 1. The van der Waals surface area contributed by atoms with Crippen molar-refractivity contribution in [3.8, 4) is 0 Å². The highest BCUT2D eigenvalue weighted by Gasteiger charge is 2.35. The van der Waals surface area contributed by atoms with Crippen molar-refractivity contribution >= 4 is 23.4 Å². The van der Waals surface area contributed by atoms with Crippen LogP contribution in [0, 0.1) is 0 Å². The lowest BCUT2D eigenvalue weighted by Gasteiger charge is -2.23. The smallest absolute Gasteiger partial charge is 0.331 e. The van der Waals surface area contributed by atoms with E-state index in [2.05, 4.69) is 0 Å². The van der Waals surface area contributed by atoms with Crippen LogP contribution < -0.4 is 0 Å². The molecule has 1 aliphatic rings. The highest BCUT2D eigenvalue weighted by Crippen LogP contribution is 2.18. The summed E-state index contributed by atoms with van der Waals surface area (Å²) in [6.45, 7) is 1.50. The van der Waals surface area contributed by atoms with Crippen LogP contribution in [0.1, 0.15) is 23.2 Å². The predicted octanol–water partition coefficient (Wildman–Crippen LogP) is 2.16. The van der Waals surface area contributed by atoms with E-state index in [9.17, 15) is 9.59 Å². The summed E-state index contributed by atoms with van der Waals surface area (Å²) in [5.74, 6) is -0.729. The number of likely N-dealkylation sites (tertiary alicyclic amines) is 1. The van der Waals surface area contributed by atoms with Gasteiger partial charge >= 0.3 is 5.97 Å². The van der Waals surface area contributed by atoms with E-state index in [1.807, 2.05) is 4.90 Å². The molecule has 1 saturated heterocycles. The molecule has 1 fully saturated rings. The zero-order valence-corrected chi connectivity index (χ0v) is 11.5. The van der Waals surface area contributed by atoms with Crippen molar-refractivity contribution < 1.29 is 14.3 Å². The van der Waals surface area contributed by atoms with Gasteiger partial charge in [-0.3, -0.25) is 9.69 Å². The number of methoxy groups -OCH3 is 1. The number of nitrogens with zero attached hydrogens (tertiary/aromatic N) is 1. The number of Topliss-reactive ketones (excluding diaryl/α,β-unsaturated/α-hetero) is 1. The summed E-state index contributed by atoms with van der Waals surface area (Å²) in [5, 5.41) is 0.562. The van der Waals surface area contributed by atoms with Gasteiger partial charge in [0.1, 0.15) is 0 Å². The van der Waals surface area contributed by atoms with Crippen LogP contribution in [0.3, 0.4) is 0 Å². The van der Waals surface area contributed by atoms with Crippen LogP contribution in [0.4, 0.5) is 0 Å². The second-order valence-corrected chi connectivity index (χ2v) is 4.98. The molecular formula is C14H16ClNO3. The van der Waals surface area contributed by atoms with E-state index in [1.165, 1.54) is 7.11 Å². The lowest BCUT2D eigenvalue weighted by molar-refractivity contribution is -0.144. The fourth-order valence-corrected chi connectivity index (χ4v) is 2.43. The maximum Gasteiger partial charge on any atom is 0.331 e. The van der Waals surface area contributed by atoms with Crippen molar-refractivity contribution in [2.75, 3.05) is 20.2 Å². The maximum absolute atomic E-state index is 12.5. The Morgan fingerprint density at radius 2 is 1.79 bits per heavy atom. The quantitative estimate of drug-likeness (QED) is 0.482. The Labute approximate surface area is 117 Å². The molecular weight excluding hydrogens is 266 g/mol. The van der Waals surface area contributed by atoms with Crippen LogP contribution in [0.25, 0.3) is 0 Å². The third-order valence-electron chi connectivity index (χ3n) is 3.31. The van der Waals surface area contributed by atoms with Crippen LogP contribution in [-0.2, 0) is 9.53 Å². The molecule has 0 aromatic heterocycles. The maximum atomic E-state index is 12.5. The van der Waals surface area contributed by atoms with Crippen molar-refractivity contribution in [1.29, 1.82) is 0 Å². The summed E-state index contributed by atoms with van der Waals surface area (Å²) >= 11 is 5.80. The van der Waals surface area contributed by atoms with Crippen LogP contribution in [0.5, 0.6) is 0 Å². The fraction of sp³-hybridized carbons (Fsp3) is 0.429. The summed E-state index contributed by atoms with van der Waals surface area (Å²) in [7, 11) is 1.31. The molecule has 0 radical (unpaired) electrons. The van der Waals surface area contributed by atoms with Gasteiger partial charge in [-0.25, -0.2) is 4.79 Å². The Morgan fingerprint density at radius 3 is 2.32 bits per heavy atom. The third-order valence-corrected chi connectivity index (χ3v) is 3.56. The molecule has 0 N–H and O–H groups in total. The van der Waals surface area contributed by atoms with Gasteiger partial charge in [0.25, 0.3) is 0 Å². The second-order valence-electron chi connectivity index (χ2n) is 4.54. The number of ether oxygens (including phenoxy) is 1. The number of rotatable bonds is 4. The van der Waals surface area contributed by atoms with Crippen LogP contribution in [-0.4, -0.2) is 42.9 Å². The Morgan fingerprint density at radius 1 is 1.21 bits per heavy atom. The van der Waals surface area contributed by atoms with E-state index < -0.39 is 12.0 Å². The Hall–Kier alpha value is -1.39. The largest absolute Gasteiger partial charge is 0.467 e. The Kier molecular flexibility index (Phi) is 4.56. The van der Waals surface area contributed by atoms with Gasteiger partial charge in [0.2, 0.25) is 0 Å². The minimum absolute atomic E-state index is 0.231. The van der Waals surface area contributed by atoms with Gasteiger partial charge in [-0.1, -0.05) is 11.6 Å². The summed E-state index contributed by atoms with van der Waals surface area (Å²) < 4.78 is 4.76. The standard InChI is InChI=1S/C14H16ClNO3/c1-19-14(18)12(16-8-2-3-9-16)13(17)10-4-6-11(15)7-5-10/h4-7,12H,2-3,8-9H2,1H3. The molecule has 0 amide bonds. The number of hydrogen-bond donors (Lipinski definition) is 0. The molecule has 1 aliphatic heterocycles. The molecule has 1 aromatic rings.